The number of nitrogens with zero attached hydrogens (tertiary/aromatic N) is 3. The number of nitrogens with one attached hydrogen (secondary N) is 1. The van der Waals surface area contributed by atoms with Crippen LogP contribution in [0.2, 0.25) is 5.02 Å². The number of pyridine rings is 1. The number of hydrogen-bond donors (Lipinski definition) is 1. The molecule has 1 fully saturated rings. The predicted molar refractivity (Wildman–Crippen MR) is 108 cm³/mol. The van der Waals surface area contributed by atoms with Crippen LogP contribution in [0.5, 0.6) is 0 Å². The summed E-state index contributed by atoms with van der Waals surface area (Å²) in [6.45, 7) is 5.37. The van der Waals surface area contributed by atoms with Crippen molar-refractivity contribution >= 4 is 38.3 Å². The summed E-state index contributed by atoms with van der Waals surface area (Å²) in [5.74, 6) is 0.824. The summed E-state index contributed by atoms with van der Waals surface area (Å²) >= 11 is 6.25. The molecule has 1 N–H and O–H groups in total. The summed E-state index contributed by atoms with van der Waals surface area (Å²) < 4.78 is 28.1. The van der Waals surface area contributed by atoms with Crippen LogP contribution in [0.3, 0.4) is 0 Å². The summed E-state index contributed by atoms with van der Waals surface area (Å²) in [6, 6.07) is 8.58. The molecule has 0 atom stereocenters. The van der Waals surface area contributed by atoms with E-state index in [1.807, 2.05) is 13.0 Å². The van der Waals surface area contributed by atoms with Crippen LogP contribution in [-0.2, 0) is 16.4 Å². The van der Waals surface area contributed by atoms with Crippen LogP contribution in [0.15, 0.2) is 47.6 Å². The van der Waals surface area contributed by atoms with Crippen molar-refractivity contribution in [1.29, 1.82) is 0 Å². The second-order valence-corrected chi connectivity index (χ2v) is 8.68. The monoisotopic (exact) mass is 404 g/mol. The Morgan fingerprint density at radius 2 is 1.96 bits per heavy atom. The zero-order valence-corrected chi connectivity index (χ0v) is 16.6. The highest BCUT2D eigenvalue weighted by atomic mass is 35.5. The second kappa shape index (κ2) is 7.14. The van der Waals surface area contributed by atoms with Gasteiger partial charge in [0, 0.05) is 49.0 Å². The minimum Gasteiger partial charge on any atom is -0.354 e. The van der Waals surface area contributed by atoms with Crippen molar-refractivity contribution in [2.75, 3.05) is 31.1 Å². The number of hydrogen-bond acceptors (Lipinski definition) is 5. The van der Waals surface area contributed by atoms with Gasteiger partial charge in [0.25, 0.3) is 10.0 Å². The topological polar surface area (TPSA) is 67.2 Å². The van der Waals surface area contributed by atoms with Crippen LogP contribution in [0.25, 0.3) is 10.9 Å². The van der Waals surface area contributed by atoms with Crippen LogP contribution in [0.1, 0.15) is 12.5 Å². The Morgan fingerprint density at radius 3 is 2.70 bits per heavy atom. The number of rotatable bonds is 4. The molecule has 1 aromatic carbocycles. The summed E-state index contributed by atoms with van der Waals surface area (Å²) in [4.78, 5) is 6.95. The van der Waals surface area contributed by atoms with Gasteiger partial charge in [-0.05, 0) is 36.2 Å². The summed E-state index contributed by atoms with van der Waals surface area (Å²) in [5, 5.41) is 4.63. The minimum absolute atomic E-state index is 0.246. The summed E-state index contributed by atoms with van der Waals surface area (Å²) in [5.41, 5.74) is 1.26. The first kappa shape index (κ1) is 18.3. The summed E-state index contributed by atoms with van der Waals surface area (Å²) in [7, 11) is -3.76. The van der Waals surface area contributed by atoms with Gasteiger partial charge < -0.3 is 10.2 Å². The van der Waals surface area contributed by atoms with E-state index in [0.29, 0.717) is 22.5 Å². The maximum Gasteiger partial charge on any atom is 0.268 e. The molecule has 2 aromatic heterocycles. The Balaban J connectivity index is 1.86. The fourth-order valence-electron chi connectivity index (χ4n) is 3.59. The van der Waals surface area contributed by atoms with Crippen LogP contribution >= 0.6 is 11.6 Å². The van der Waals surface area contributed by atoms with Gasteiger partial charge in [-0.25, -0.2) is 17.4 Å². The highest BCUT2D eigenvalue weighted by Gasteiger charge is 2.24. The third-order valence-electron chi connectivity index (χ3n) is 4.94. The average Bonchev–Trinajstić information content (AvgIpc) is 3.13. The van der Waals surface area contributed by atoms with Gasteiger partial charge in [-0.2, -0.15) is 0 Å². The quantitative estimate of drug-likeness (QED) is 0.724. The average molecular weight is 405 g/mol. The Bertz CT molecular complexity index is 1090. The molecular formula is C19H21ClN4O2S. The van der Waals surface area contributed by atoms with Gasteiger partial charge in [-0.15, -0.1) is 0 Å². The number of anilines is 1. The standard InChI is InChI=1S/C19H21ClN4O2S/c1-2-14-16(20)4-3-5-18(14)27(25,26)24-11-7-15-17(24)6-8-22-19(15)23-12-9-21-10-13-23/h3-8,11,21H,2,9-10,12-13H2,1H3. The van der Waals surface area contributed by atoms with Crippen LogP contribution in [0.4, 0.5) is 5.82 Å². The SMILES string of the molecule is CCc1c(Cl)cccc1S(=O)(=O)n1ccc2c(N3CCNCC3)nccc21. The van der Waals surface area contributed by atoms with Gasteiger partial charge in [0.1, 0.15) is 5.82 Å². The lowest BCUT2D eigenvalue weighted by atomic mass is 10.2. The molecule has 1 saturated heterocycles. The second-order valence-electron chi connectivity index (χ2n) is 6.49. The van der Waals surface area contributed by atoms with Crippen molar-refractivity contribution in [3.05, 3.63) is 53.3 Å². The zero-order chi connectivity index (χ0) is 19.0. The largest absolute Gasteiger partial charge is 0.354 e. The van der Waals surface area contributed by atoms with Gasteiger partial charge in [-0.1, -0.05) is 24.6 Å². The molecule has 4 rings (SSSR count). The first-order chi connectivity index (χ1) is 13.0. The lowest BCUT2D eigenvalue weighted by Crippen LogP contribution is -2.43. The van der Waals surface area contributed by atoms with E-state index in [9.17, 15) is 8.42 Å². The van der Waals surface area contributed by atoms with Crippen LogP contribution in [0, 0.1) is 0 Å². The molecule has 0 unspecified atom stereocenters. The minimum atomic E-state index is -3.76. The fourth-order valence-corrected chi connectivity index (χ4v) is 5.63. The van der Waals surface area contributed by atoms with E-state index in [0.717, 1.165) is 37.4 Å². The molecule has 3 aromatic rings. The number of benzene rings is 1. The number of halogens is 1. The first-order valence-corrected chi connectivity index (χ1v) is 10.8. The Labute approximate surface area is 163 Å². The molecule has 142 valence electrons. The van der Waals surface area contributed by atoms with Crippen molar-refractivity contribution < 1.29 is 8.42 Å². The Hall–Kier alpha value is -2.09. The van der Waals surface area contributed by atoms with E-state index >= 15 is 0 Å². The van der Waals surface area contributed by atoms with E-state index in [2.05, 4.69) is 15.2 Å². The van der Waals surface area contributed by atoms with E-state index in [-0.39, 0.29) is 4.90 Å². The maximum atomic E-state index is 13.4. The molecule has 27 heavy (non-hydrogen) atoms. The number of piperazine rings is 1. The molecule has 1 aliphatic rings. The Morgan fingerprint density at radius 1 is 1.19 bits per heavy atom. The summed E-state index contributed by atoms with van der Waals surface area (Å²) in [6.07, 6.45) is 3.82. The van der Waals surface area contributed by atoms with Gasteiger partial charge in [0.05, 0.1) is 10.4 Å². The third kappa shape index (κ3) is 3.09. The van der Waals surface area contributed by atoms with E-state index < -0.39 is 10.0 Å². The number of aromatic nitrogens is 2. The molecular weight excluding hydrogens is 384 g/mol. The third-order valence-corrected chi connectivity index (χ3v) is 7.07. The van der Waals surface area contributed by atoms with Crippen molar-refractivity contribution in [2.45, 2.75) is 18.2 Å². The van der Waals surface area contributed by atoms with Crippen molar-refractivity contribution in [1.82, 2.24) is 14.3 Å². The molecule has 0 aliphatic carbocycles. The predicted octanol–water partition coefficient (Wildman–Crippen LogP) is 2.90. The first-order valence-electron chi connectivity index (χ1n) is 8.98. The van der Waals surface area contributed by atoms with Gasteiger partial charge in [0.2, 0.25) is 0 Å². The lowest BCUT2D eigenvalue weighted by molar-refractivity contribution is 0.586. The molecule has 0 bridgehead atoms. The Kier molecular flexibility index (Phi) is 4.84. The van der Waals surface area contributed by atoms with Gasteiger partial charge in [-0.3, -0.25) is 0 Å². The highest BCUT2D eigenvalue weighted by Crippen LogP contribution is 2.31. The smallest absolute Gasteiger partial charge is 0.268 e. The maximum absolute atomic E-state index is 13.4. The molecule has 0 saturated carbocycles. The molecule has 1 aliphatic heterocycles. The number of fused-ring (bicyclic) bond motifs is 1. The van der Waals surface area contributed by atoms with Crippen molar-refractivity contribution in [3.8, 4) is 0 Å². The highest BCUT2D eigenvalue weighted by molar-refractivity contribution is 7.90. The zero-order valence-electron chi connectivity index (χ0n) is 15.0. The van der Waals surface area contributed by atoms with Crippen LogP contribution < -0.4 is 10.2 Å². The molecule has 0 amide bonds. The van der Waals surface area contributed by atoms with Crippen LogP contribution in [-0.4, -0.2) is 43.6 Å². The normalized spacial score (nSPS) is 15.4. The van der Waals surface area contributed by atoms with E-state index in [1.165, 1.54) is 3.97 Å². The fraction of sp³-hybridized carbons (Fsp3) is 0.316. The molecule has 3 heterocycles. The van der Waals surface area contributed by atoms with Gasteiger partial charge >= 0.3 is 0 Å². The van der Waals surface area contributed by atoms with E-state index in [4.69, 9.17) is 11.6 Å². The van der Waals surface area contributed by atoms with Gasteiger partial charge in [0.15, 0.2) is 0 Å². The van der Waals surface area contributed by atoms with Crippen molar-refractivity contribution in [2.24, 2.45) is 0 Å². The molecule has 8 heteroatoms. The van der Waals surface area contributed by atoms with E-state index in [1.54, 1.807) is 36.7 Å². The molecule has 0 radical (unpaired) electrons. The molecule has 6 nitrogen and oxygen atoms in total. The molecule has 0 spiro atoms. The lowest BCUT2D eigenvalue weighted by Gasteiger charge is -2.28. The van der Waals surface area contributed by atoms with Crippen molar-refractivity contribution in [3.63, 3.8) is 0 Å².